The Kier molecular flexibility index (Phi) is 8.98. The monoisotopic (exact) mass is 454 g/mol. The molecule has 5 aromatic rings. The molecule has 0 amide bonds. The molecule has 2 heterocycles. The SMILES string of the molecule is [B](c1ccccc1)c1ccccc1.[Ni].[c-]1ccccc1-c1cccc(-c2ccccn2)n1. The molecule has 0 atom stereocenters. The van der Waals surface area contributed by atoms with E-state index in [2.05, 4.69) is 71.8 Å². The van der Waals surface area contributed by atoms with Crippen LogP contribution in [0.2, 0.25) is 0 Å². The molecule has 0 fully saturated rings. The summed E-state index contributed by atoms with van der Waals surface area (Å²) < 4.78 is 0. The minimum Gasteiger partial charge on any atom is -0.295 e. The number of pyridine rings is 2. The molecule has 2 nitrogen and oxygen atoms in total. The average Bonchev–Trinajstić information content (AvgIpc) is 2.87. The molecular weight excluding hydrogens is 434 g/mol. The van der Waals surface area contributed by atoms with Crippen LogP contribution in [-0.2, 0) is 16.5 Å². The molecule has 32 heavy (non-hydrogen) atoms. The molecule has 2 aromatic heterocycles. The van der Waals surface area contributed by atoms with Gasteiger partial charge in [0, 0.05) is 22.7 Å². The second-order valence-corrected chi connectivity index (χ2v) is 6.86. The quantitative estimate of drug-likeness (QED) is 0.283. The van der Waals surface area contributed by atoms with Crippen molar-refractivity contribution in [1.82, 2.24) is 9.97 Å². The van der Waals surface area contributed by atoms with E-state index in [1.54, 1.807) is 6.20 Å². The molecule has 157 valence electrons. The van der Waals surface area contributed by atoms with Gasteiger partial charge in [0.25, 0.3) is 0 Å². The molecule has 1 radical (unpaired) electrons. The Bertz CT molecular complexity index is 1090. The van der Waals surface area contributed by atoms with Crippen LogP contribution in [0.3, 0.4) is 0 Å². The molecule has 3 aromatic carbocycles. The zero-order valence-electron chi connectivity index (χ0n) is 17.4. The number of nitrogens with zero attached hydrogens (tertiary/aromatic N) is 2. The fourth-order valence-electron chi connectivity index (χ4n) is 3.09. The van der Waals surface area contributed by atoms with Crippen LogP contribution in [0.1, 0.15) is 0 Å². The van der Waals surface area contributed by atoms with Gasteiger partial charge in [0.05, 0.1) is 11.4 Å². The van der Waals surface area contributed by atoms with Gasteiger partial charge in [0.15, 0.2) is 7.28 Å². The zero-order chi connectivity index (χ0) is 21.1. The summed E-state index contributed by atoms with van der Waals surface area (Å²) in [5.41, 5.74) is 6.16. The Morgan fingerprint density at radius 3 is 1.72 bits per heavy atom. The first-order valence-corrected chi connectivity index (χ1v) is 10.2. The zero-order valence-corrected chi connectivity index (χ0v) is 18.4. The summed E-state index contributed by atoms with van der Waals surface area (Å²) in [6.07, 6.45) is 1.78. The van der Waals surface area contributed by atoms with Crippen LogP contribution in [0.25, 0.3) is 22.6 Å². The third kappa shape index (κ3) is 6.77. The van der Waals surface area contributed by atoms with Crippen molar-refractivity contribution < 1.29 is 16.5 Å². The maximum absolute atomic E-state index is 4.62. The van der Waals surface area contributed by atoms with Gasteiger partial charge in [-0.25, -0.2) is 0 Å². The molecule has 0 bridgehead atoms. The molecule has 0 unspecified atom stereocenters. The van der Waals surface area contributed by atoms with Crippen molar-refractivity contribution in [3.8, 4) is 22.6 Å². The molecule has 0 spiro atoms. The molecule has 0 N–H and O–H groups in total. The summed E-state index contributed by atoms with van der Waals surface area (Å²) in [5, 5.41) is 0. The van der Waals surface area contributed by atoms with Crippen LogP contribution in [-0.4, -0.2) is 17.2 Å². The summed E-state index contributed by atoms with van der Waals surface area (Å²) in [4.78, 5) is 8.93. The molecular formula is C28H21BN2Ni-. The smallest absolute Gasteiger partial charge is 0.191 e. The van der Waals surface area contributed by atoms with Crippen molar-refractivity contribution >= 4 is 18.2 Å². The van der Waals surface area contributed by atoms with Crippen molar-refractivity contribution in [3.63, 3.8) is 0 Å². The van der Waals surface area contributed by atoms with Crippen LogP contribution in [0.4, 0.5) is 0 Å². The maximum Gasteiger partial charge on any atom is 0.191 e. The number of hydrogen-bond donors (Lipinski definition) is 0. The Labute approximate surface area is 200 Å². The van der Waals surface area contributed by atoms with E-state index in [-0.39, 0.29) is 16.5 Å². The van der Waals surface area contributed by atoms with Crippen molar-refractivity contribution in [3.05, 3.63) is 134 Å². The van der Waals surface area contributed by atoms with Gasteiger partial charge in [-0.2, -0.15) is 0 Å². The summed E-state index contributed by atoms with van der Waals surface area (Å²) in [5.74, 6) is 0. The third-order valence-corrected chi connectivity index (χ3v) is 4.59. The van der Waals surface area contributed by atoms with Crippen LogP contribution in [0, 0.1) is 6.07 Å². The van der Waals surface area contributed by atoms with Crippen molar-refractivity contribution in [2.24, 2.45) is 0 Å². The van der Waals surface area contributed by atoms with Crippen LogP contribution in [0.15, 0.2) is 128 Å². The van der Waals surface area contributed by atoms with Gasteiger partial charge < -0.3 is 0 Å². The number of rotatable bonds is 4. The van der Waals surface area contributed by atoms with Crippen LogP contribution < -0.4 is 10.9 Å². The Morgan fingerprint density at radius 1 is 0.531 bits per heavy atom. The molecule has 0 saturated carbocycles. The topological polar surface area (TPSA) is 25.8 Å². The minimum absolute atomic E-state index is 0. The fourth-order valence-corrected chi connectivity index (χ4v) is 3.09. The normalized spacial score (nSPS) is 9.62. The molecule has 4 heteroatoms. The van der Waals surface area contributed by atoms with Gasteiger partial charge in [-0.05, 0) is 23.9 Å². The van der Waals surface area contributed by atoms with Gasteiger partial charge in [-0.1, -0.05) is 89.8 Å². The summed E-state index contributed by atoms with van der Waals surface area (Å²) in [7, 11) is 2.17. The van der Waals surface area contributed by atoms with E-state index in [0.717, 1.165) is 22.6 Å². The van der Waals surface area contributed by atoms with E-state index in [9.17, 15) is 0 Å². The summed E-state index contributed by atoms with van der Waals surface area (Å²) >= 11 is 0. The standard InChI is InChI=1S/C16H11N2.C12H10B.Ni/c1-2-7-13(8-3-1)14-10-6-11-16(18-14)15-9-4-5-12-17-15;1-3-7-11(8-4-1)13-12-9-5-2-6-10-12;/h1-7,9-12H;1-10H;/q-1;;. The molecule has 5 rings (SSSR count). The van der Waals surface area contributed by atoms with Crippen molar-refractivity contribution in [2.45, 2.75) is 0 Å². The average molecular weight is 455 g/mol. The van der Waals surface area contributed by atoms with E-state index in [1.165, 1.54) is 10.9 Å². The van der Waals surface area contributed by atoms with Gasteiger partial charge in [-0.15, -0.1) is 35.9 Å². The molecule has 0 saturated heterocycles. The van der Waals surface area contributed by atoms with Crippen molar-refractivity contribution in [1.29, 1.82) is 0 Å². The first-order chi connectivity index (χ1) is 15.4. The second kappa shape index (κ2) is 12.4. The maximum atomic E-state index is 4.62. The largest absolute Gasteiger partial charge is 0.295 e. The van der Waals surface area contributed by atoms with Crippen molar-refractivity contribution in [2.75, 3.05) is 0 Å². The Hall–Kier alpha value is -3.48. The number of hydrogen-bond acceptors (Lipinski definition) is 2. The van der Waals surface area contributed by atoms with E-state index in [4.69, 9.17) is 0 Å². The van der Waals surface area contributed by atoms with E-state index in [0.29, 0.717) is 0 Å². The van der Waals surface area contributed by atoms with Gasteiger partial charge >= 0.3 is 0 Å². The number of benzene rings is 3. The predicted molar refractivity (Wildman–Crippen MR) is 130 cm³/mol. The minimum atomic E-state index is 0. The first kappa shape index (κ1) is 23.2. The van der Waals surface area contributed by atoms with Gasteiger partial charge in [-0.3, -0.25) is 9.97 Å². The second-order valence-electron chi connectivity index (χ2n) is 6.86. The summed E-state index contributed by atoms with van der Waals surface area (Å²) in [6.45, 7) is 0. The summed E-state index contributed by atoms with van der Waals surface area (Å²) in [6, 6.07) is 43.5. The van der Waals surface area contributed by atoms with E-state index < -0.39 is 0 Å². The van der Waals surface area contributed by atoms with Gasteiger partial charge in [0.1, 0.15) is 0 Å². The van der Waals surface area contributed by atoms with E-state index in [1.807, 2.05) is 72.8 Å². The van der Waals surface area contributed by atoms with E-state index >= 15 is 0 Å². The fraction of sp³-hybridized carbons (Fsp3) is 0. The molecule has 0 aliphatic carbocycles. The third-order valence-electron chi connectivity index (χ3n) is 4.59. The number of aromatic nitrogens is 2. The van der Waals surface area contributed by atoms with Crippen LogP contribution in [0.5, 0.6) is 0 Å². The Balaban J connectivity index is 0.000000184. The van der Waals surface area contributed by atoms with Crippen LogP contribution >= 0.6 is 0 Å². The molecule has 0 aliphatic heterocycles. The predicted octanol–water partition coefficient (Wildman–Crippen LogP) is 4.95. The first-order valence-electron chi connectivity index (χ1n) is 10.2. The van der Waals surface area contributed by atoms with Gasteiger partial charge in [0.2, 0.25) is 0 Å². The Morgan fingerprint density at radius 2 is 1.12 bits per heavy atom. The molecule has 0 aliphatic rings.